The van der Waals surface area contributed by atoms with Crippen molar-refractivity contribution in [3.05, 3.63) is 11.8 Å². The van der Waals surface area contributed by atoms with Gasteiger partial charge in [-0.1, -0.05) is 6.92 Å². The van der Waals surface area contributed by atoms with Crippen molar-refractivity contribution in [1.29, 1.82) is 0 Å². The molecule has 0 amide bonds. The molecule has 0 aromatic carbocycles. The Kier molecular flexibility index (Phi) is 4.11. The van der Waals surface area contributed by atoms with Crippen molar-refractivity contribution in [2.75, 3.05) is 18.5 Å². The molecule has 4 nitrogen and oxygen atoms in total. The highest BCUT2D eigenvalue weighted by Gasteiger charge is 2.34. The maximum Gasteiger partial charge on any atom is 0.433 e. The van der Waals surface area contributed by atoms with Gasteiger partial charge in [0, 0.05) is 12.6 Å². The fraction of sp³-hybridized carbons (Fsp3) is 0.667. The van der Waals surface area contributed by atoms with Crippen molar-refractivity contribution in [1.82, 2.24) is 9.97 Å². The third-order valence-electron chi connectivity index (χ3n) is 2.69. The third kappa shape index (κ3) is 4.25. The van der Waals surface area contributed by atoms with Gasteiger partial charge in [-0.3, -0.25) is 0 Å². The molecule has 106 valence electrons. The second kappa shape index (κ2) is 5.63. The lowest BCUT2D eigenvalue weighted by molar-refractivity contribution is -0.141. The molecule has 2 rings (SSSR count). The van der Waals surface area contributed by atoms with Gasteiger partial charge in [0.2, 0.25) is 11.8 Å². The normalized spacial score (nSPS) is 15.4. The molecule has 0 bridgehead atoms. The van der Waals surface area contributed by atoms with Crippen LogP contribution in [0.15, 0.2) is 6.07 Å². The standard InChI is InChI=1S/C12H16F3N3O/c1-2-5-16-11-17-9(12(13,14)15)6-10(18-11)19-7-8-3-4-8/h6,8H,2-5,7H2,1H3,(H,16,17,18). The number of rotatable bonds is 6. The minimum Gasteiger partial charge on any atom is -0.477 e. The molecule has 0 atom stereocenters. The summed E-state index contributed by atoms with van der Waals surface area (Å²) in [7, 11) is 0. The molecule has 0 aliphatic heterocycles. The van der Waals surface area contributed by atoms with Crippen LogP contribution in [0.3, 0.4) is 0 Å². The van der Waals surface area contributed by atoms with E-state index in [0.717, 1.165) is 25.3 Å². The van der Waals surface area contributed by atoms with E-state index in [1.807, 2.05) is 6.92 Å². The first-order valence-corrected chi connectivity index (χ1v) is 6.32. The summed E-state index contributed by atoms with van der Waals surface area (Å²) in [5.41, 5.74) is -0.980. The molecule has 1 aliphatic carbocycles. The monoisotopic (exact) mass is 275 g/mol. The van der Waals surface area contributed by atoms with Gasteiger partial charge < -0.3 is 10.1 Å². The SMILES string of the molecule is CCCNc1nc(OCC2CC2)cc(C(F)(F)F)n1. The van der Waals surface area contributed by atoms with E-state index in [2.05, 4.69) is 15.3 Å². The van der Waals surface area contributed by atoms with Crippen LogP contribution in [0.4, 0.5) is 19.1 Å². The van der Waals surface area contributed by atoms with Crippen molar-refractivity contribution < 1.29 is 17.9 Å². The number of hydrogen-bond acceptors (Lipinski definition) is 4. The molecular weight excluding hydrogens is 259 g/mol. The molecule has 1 aliphatic rings. The predicted molar refractivity (Wildman–Crippen MR) is 64.0 cm³/mol. The lowest BCUT2D eigenvalue weighted by Gasteiger charge is -2.11. The summed E-state index contributed by atoms with van der Waals surface area (Å²) < 4.78 is 43.4. The highest BCUT2D eigenvalue weighted by Crippen LogP contribution is 2.32. The lowest BCUT2D eigenvalue weighted by Crippen LogP contribution is -2.14. The Labute approximate surface area is 109 Å². The van der Waals surface area contributed by atoms with E-state index < -0.39 is 11.9 Å². The number of anilines is 1. The summed E-state index contributed by atoms with van der Waals surface area (Å²) in [5, 5.41) is 2.75. The number of nitrogens with zero attached hydrogens (tertiary/aromatic N) is 2. The Morgan fingerprint density at radius 1 is 1.37 bits per heavy atom. The first kappa shape index (κ1) is 13.9. The Hall–Kier alpha value is -1.53. The van der Waals surface area contributed by atoms with Crippen molar-refractivity contribution in [2.24, 2.45) is 5.92 Å². The molecule has 1 heterocycles. The van der Waals surface area contributed by atoms with Crippen LogP contribution < -0.4 is 10.1 Å². The van der Waals surface area contributed by atoms with Crippen LogP contribution >= 0.6 is 0 Å². The van der Waals surface area contributed by atoms with Crippen molar-refractivity contribution in [2.45, 2.75) is 32.4 Å². The maximum atomic E-state index is 12.7. The number of aromatic nitrogens is 2. The molecule has 0 saturated heterocycles. The molecule has 7 heteroatoms. The van der Waals surface area contributed by atoms with Crippen molar-refractivity contribution in [3.8, 4) is 5.88 Å². The first-order chi connectivity index (χ1) is 8.99. The zero-order chi connectivity index (χ0) is 13.9. The second-order valence-electron chi connectivity index (χ2n) is 4.59. The summed E-state index contributed by atoms with van der Waals surface area (Å²) in [5.74, 6) is 0.395. The summed E-state index contributed by atoms with van der Waals surface area (Å²) in [4.78, 5) is 7.40. The molecule has 0 unspecified atom stereocenters. The first-order valence-electron chi connectivity index (χ1n) is 6.32. The van der Waals surface area contributed by atoms with Crippen molar-refractivity contribution >= 4 is 5.95 Å². The van der Waals surface area contributed by atoms with Crippen LogP contribution in [0.25, 0.3) is 0 Å². The van der Waals surface area contributed by atoms with Crippen LogP contribution in [0, 0.1) is 5.92 Å². The Morgan fingerprint density at radius 3 is 2.68 bits per heavy atom. The van der Waals surface area contributed by atoms with E-state index in [4.69, 9.17) is 4.74 Å². The van der Waals surface area contributed by atoms with Crippen molar-refractivity contribution in [3.63, 3.8) is 0 Å². The van der Waals surface area contributed by atoms with Gasteiger partial charge >= 0.3 is 6.18 Å². The zero-order valence-corrected chi connectivity index (χ0v) is 10.6. The zero-order valence-electron chi connectivity index (χ0n) is 10.6. The summed E-state index contributed by atoms with van der Waals surface area (Å²) >= 11 is 0. The van der Waals surface area contributed by atoms with Gasteiger partial charge in [0.25, 0.3) is 0 Å². The molecule has 1 aromatic rings. The molecule has 1 fully saturated rings. The number of alkyl halides is 3. The fourth-order valence-corrected chi connectivity index (χ4v) is 1.45. The molecule has 0 spiro atoms. The van der Waals surface area contributed by atoms with E-state index in [1.54, 1.807) is 0 Å². The van der Waals surface area contributed by atoms with Crippen LogP contribution in [-0.2, 0) is 6.18 Å². The minimum absolute atomic E-state index is 0.0205. The average molecular weight is 275 g/mol. The molecule has 19 heavy (non-hydrogen) atoms. The molecular formula is C12H16F3N3O. The van der Waals surface area contributed by atoms with Gasteiger partial charge in [0.15, 0.2) is 5.69 Å². The molecule has 1 aromatic heterocycles. The van der Waals surface area contributed by atoms with Gasteiger partial charge in [-0.05, 0) is 25.2 Å². The highest BCUT2D eigenvalue weighted by atomic mass is 19.4. The van der Waals surface area contributed by atoms with Gasteiger partial charge in [0.1, 0.15) is 0 Å². The number of hydrogen-bond donors (Lipinski definition) is 1. The Morgan fingerprint density at radius 2 is 2.11 bits per heavy atom. The predicted octanol–water partition coefficient (Wildman–Crippen LogP) is 3.11. The largest absolute Gasteiger partial charge is 0.477 e. The number of ether oxygens (including phenoxy) is 1. The van der Waals surface area contributed by atoms with E-state index in [-0.39, 0.29) is 11.8 Å². The minimum atomic E-state index is -4.50. The second-order valence-corrected chi connectivity index (χ2v) is 4.59. The lowest BCUT2D eigenvalue weighted by atomic mass is 10.4. The highest BCUT2D eigenvalue weighted by molar-refractivity contribution is 5.32. The van der Waals surface area contributed by atoms with E-state index in [1.165, 1.54) is 0 Å². The molecule has 1 N–H and O–H groups in total. The van der Waals surface area contributed by atoms with Crippen LogP contribution in [0.1, 0.15) is 31.9 Å². The van der Waals surface area contributed by atoms with Crippen LogP contribution in [-0.4, -0.2) is 23.1 Å². The molecule has 1 saturated carbocycles. The van der Waals surface area contributed by atoms with Gasteiger partial charge in [-0.15, -0.1) is 0 Å². The Bertz CT molecular complexity index is 433. The Balaban J connectivity index is 2.14. The van der Waals surface area contributed by atoms with Crippen LogP contribution in [0.5, 0.6) is 5.88 Å². The van der Waals surface area contributed by atoms with Gasteiger partial charge in [-0.2, -0.15) is 18.2 Å². The quantitative estimate of drug-likeness (QED) is 0.866. The fourth-order valence-electron chi connectivity index (χ4n) is 1.45. The number of nitrogens with one attached hydrogen (secondary N) is 1. The average Bonchev–Trinajstić information content (AvgIpc) is 3.16. The summed E-state index contributed by atoms with van der Waals surface area (Å²) in [6, 6.07) is 0.847. The third-order valence-corrected chi connectivity index (χ3v) is 2.69. The summed E-state index contributed by atoms with van der Waals surface area (Å²) in [6.07, 6.45) is -1.59. The van der Waals surface area contributed by atoms with E-state index >= 15 is 0 Å². The molecule has 0 radical (unpaired) electrons. The van der Waals surface area contributed by atoms with Gasteiger partial charge in [-0.25, -0.2) is 4.98 Å². The van der Waals surface area contributed by atoms with E-state index in [0.29, 0.717) is 19.1 Å². The van der Waals surface area contributed by atoms with E-state index in [9.17, 15) is 13.2 Å². The maximum absolute atomic E-state index is 12.7. The number of halogens is 3. The summed E-state index contributed by atoms with van der Waals surface area (Å²) in [6.45, 7) is 2.84. The smallest absolute Gasteiger partial charge is 0.433 e. The van der Waals surface area contributed by atoms with Crippen LogP contribution in [0.2, 0.25) is 0 Å². The van der Waals surface area contributed by atoms with Gasteiger partial charge in [0.05, 0.1) is 6.61 Å². The topological polar surface area (TPSA) is 47.0 Å².